The van der Waals surface area contributed by atoms with Crippen molar-refractivity contribution in [3.05, 3.63) is 39.8 Å². The number of thiophene rings is 1. The zero-order valence-electron chi connectivity index (χ0n) is 16.0. The SMILES string of the molecule is CCOC[C@]1(CCc2cccs2)CCN(C(C)c2cnn(C)c2C)C1. The van der Waals surface area contributed by atoms with E-state index in [2.05, 4.69) is 48.3 Å². The number of aromatic nitrogens is 2. The van der Waals surface area contributed by atoms with Gasteiger partial charge in [0.1, 0.15) is 0 Å². The molecule has 1 unspecified atom stereocenters. The number of ether oxygens (including phenoxy) is 1. The molecule has 0 spiro atoms. The van der Waals surface area contributed by atoms with Crippen LogP contribution in [-0.4, -0.2) is 41.0 Å². The average molecular weight is 362 g/mol. The van der Waals surface area contributed by atoms with Crippen LogP contribution in [0.1, 0.15) is 48.9 Å². The third-order valence-corrected chi connectivity index (χ3v) is 6.77. The molecule has 2 atom stereocenters. The van der Waals surface area contributed by atoms with E-state index in [1.165, 1.54) is 35.4 Å². The minimum atomic E-state index is 0.282. The molecule has 3 rings (SSSR count). The molecule has 0 aliphatic carbocycles. The summed E-state index contributed by atoms with van der Waals surface area (Å²) in [7, 11) is 2.02. The molecule has 0 amide bonds. The van der Waals surface area contributed by atoms with E-state index in [0.29, 0.717) is 6.04 Å². The van der Waals surface area contributed by atoms with Crippen LogP contribution in [0.5, 0.6) is 0 Å². The Labute approximate surface area is 155 Å². The smallest absolute Gasteiger partial charge is 0.0540 e. The summed E-state index contributed by atoms with van der Waals surface area (Å²) in [5.41, 5.74) is 2.91. The van der Waals surface area contributed by atoms with Gasteiger partial charge in [-0.2, -0.15) is 5.10 Å². The normalized spacial score (nSPS) is 22.6. The Morgan fingerprint density at radius 2 is 2.28 bits per heavy atom. The number of hydrogen-bond acceptors (Lipinski definition) is 4. The van der Waals surface area contributed by atoms with Crippen molar-refractivity contribution in [2.45, 2.75) is 46.1 Å². The molecule has 1 aliphatic heterocycles. The van der Waals surface area contributed by atoms with Crippen molar-refractivity contribution in [3.63, 3.8) is 0 Å². The topological polar surface area (TPSA) is 30.3 Å². The van der Waals surface area contributed by atoms with E-state index < -0.39 is 0 Å². The molecular formula is C20H31N3OS. The molecule has 25 heavy (non-hydrogen) atoms. The van der Waals surface area contributed by atoms with Gasteiger partial charge in [0, 0.05) is 47.8 Å². The summed E-state index contributed by atoms with van der Waals surface area (Å²) in [4.78, 5) is 4.11. The highest BCUT2D eigenvalue weighted by Crippen LogP contribution is 2.40. The first-order chi connectivity index (χ1) is 12.0. The third kappa shape index (κ3) is 4.15. The molecule has 5 heteroatoms. The number of rotatable bonds is 8. The second-order valence-electron chi connectivity index (χ2n) is 7.42. The molecule has 3 heterocycles. The maximum atomic E-state index is 5.91. The second-order valence-corrected chi connectivity index (χ2v) is 8.45. The standard InChI is InChI=1S/C20H31N3OS/c1-5-24-15-20(9-8-18-7-6-12-25-18)10-11-23(14-20)17(3)19-13-21-22(4)16(19)2/h6-7,12-13,17H,5,8-11,14-15H2,1-4H3/t17?,20-/m1/s1. The van der Waals surface area contributed by atoms with E-state index in [9.17, 15) is 0 Å². The van der Waals surface area contributed by atoms with Gasteiger partial charge in [-0.05, 0) is 58.0 Å². The lowest BCUT2D eigenvalue weighted by atomic mass is 9.83. The molecule has 2 aromatic rings. The highest BCUT2D eigenvalue weighted by atomic mass is 32.1. The van der Waals surface area contributed by atoms with E-state index in [1.807, 2.05) is 29.3 Å². The van der Waals surface area contributed by atoms with Crippen LogP contribution in [0.4, 0.5) is 0 Å². The summed E-state index contributed by atoms with van der Waals surface area (Å²) in [5, 5.41) is 6.61. The lowest BCUT2D eigenvalue weighted by Gasteiger charge is -2.31. The molecule has 1 saturated heterocycles. The lowest BCUT2D eigenvalue weighted by Crippen LogP contribution is -2.33. The predicted octanol–water partition coefficient (Wildman–Crippen LogP) is 4.21. The number of likely N-dealkylation sites (tertiary alicyclic amines) is 1. The van der Waals surface area contributed by atoms with E-state index >= 15 is 0 Å². The van der Waals surface area contributed by atoms with Gasteiger partial charge in [0.25, 0.3) is 0 Å². The summed E-state index contributed by atoms with van der Waals surface area (Å²) in [5.74, 6) is 0. The first kappa shape index (κ1) is 18.6. The van der Waals surface area contributed by atoms with Gasteiger partial charge in [-0.25, -0.2) is 0 Å². The molecule has 0 aromatic carbocycles. The summed E-state index contributed by atoms with van der Waals surface area (Å²) < 4.78 is 7.89. The Kier molecular flexibility index (Phi) is 5.97. The predicted molar refractivity (Wildman–Crippen MR) is 104 cm³/mol. The number of nitrogens with zero attached hydrogens (tertiary/aromatic N) is 3. The van der Waals surface area contributed by atoms with Crippen LogP contribution in [0.3, 0.4) is 0 Å². The lowest BCUT2D eigenvalue weighted by molar-refractivity contribution is 0.0467. The molecule has 0 bridgehead atoms. The Morgan fingerprint density at radius 3 is 2.92 bits per heavy atom. The van der Waals surface area contributed by atoms with Crippen LogP contribution in [0.25, 0.3) is 0 Å². The summed E-state index contributed by atoms with van der Waals surface area (Å²) in [6.45, 7) is 10.5. The van der Waals surface area contributed by atoms with Gasteiger partial charge in [0.15, 0.2) is 0 Å². The number of hydrogen-bond donors (Lipinski definition) is 0. The van der Waals surface area contributed by atoms with Crippen LogP contribution in [0, 0.1) is 12.3 Å². The van der Waals surface area contributed by atoms with Crippen molar-refractivity contribution in [2.24, 2.45) is 12.5 Å². The highest BCUT2D eigenvalue weighted by Gasteiger charge is 2.40. The average Bonchev–Trinajstić information content (AvgIpc) is 3.34. The highest BCUT2D eigenvalue weighted by molar-refractivity contribution is 7.09. The van der Waals surface area contributed by atoms with Gasteiger partial charge >= 0.3 is 0 Å². The maximum absolute atomic E-state index is 5.91. The largest absolute Gasteiger partial charge is 0.381 e. The number of aryl methyl sites for hydroxylation is 2. The van der Waals surface area contributed by atoms with E-state index in [0.717, 1.165) is 26.3 Å². The van der Waals surface area contributed by atoms with Crippen LogP contribution in [0.2, 0.25) is 0 Å². The Hall–Kier alpha value is -1.17. The van der Waals surface area contributed by atoms with Crippen molar-refractivity contribution in [1.82, 2.24) is 14.7 Å². The summed E-state index contributed by atoms with van der Waals surface area (Å²) in [6.07, 6.45) is 5.64. The van der Waals surface area contributed by atoms with E-state index in [-0.39, 0.29) is 5.41 Å². The summed E-state index contributed by atoms with van der Waals surface area (Å²) >= 11 is 1.87. The van der Waals surface area contributed by atoms with Gasteiger partial charge < -0.3 is 4.74 Å². The van der Waals surface area contributed by atoms with Crippen molar-refractivity contribution < 1.29 is 4.74 Å². The van der Waals surface area contributed by atoms with Crippen molar-refractivity contribution in [1.29, 1.82) is 0 Å². The molecule has 0 radical (unpaired) electrons. The molecule has 4 nitrogen and oxygen atoms in total. The van der Waals surface area contributed by atoms with Gasteiger partial charge in [-0.3, -0.25) is 9.58 Å². The zero-order chi connectivity index (χ0) is 17.9. The minimum absolute atomic E-state index is 0.282. The Morgan fingerprint density at radius 1 is 1.44 bits per heavy atom. The van der Waals surface area contributed by atoms with Gasteiger partial charge in [0.2, 0.25) is 0 Å². The molecule has 0 N–H and O–H groups in total. The first-order valence-corrected chi connectivity index (χ1v) is 10.3. The maximum Gasteiger partial charge on any atom is 0.0540 e. The van der Waals surface area contributed by atoms with Crippen molar-refractivity contribution in [3.8, 4) is 0 Å². The minimum Gasteiger partial charge on any atom is -0.381 e. The molecule has 1 fully saturated rings. The third-order valence-electron chi connectivity index (χ3n) is 5.83. The fourth-order valence-electron chi connectivity index (χ4n) is 3.98. The first-order valence-electron chi connectivity index (χ1n) is 9.37. The van der Waals surface area contributed by atoms with Gasteiger partial charge in [-0.15, -0.1) is 11.3 Å². The van der Waals surface area contributed by atoms with Crippen molar-refractivity contribution in [2.75, 3.05) is 26.3 Å². The molecular weight excluding hydrogens is 330 g/mol. The van der Waals surface area contributed by atoms with E-state index in [4.69, 9.17) is 4.74 Å². The fraction of sp³-hybridized carbons (Fsp3) is 0.650. The van der Waals surface area contributed by atoms with Crippen LogP contribution in [0.15, 0.2) is 23.7 Å². The Balaban J connectivity index is 1.69. The fourth-order valence-corrected chi connectivity index (χ4v) is 4.69. The molecule has 2 aromatic heterocycles. The van der Waals surface area contributed by atoms with Crippen LogP contribution >= 0.6 is 11.3 Å². The molecule has 138 valence electrons. The van der Waals surface area contributed by atoms with Crippen LogP contribution < -0.4 is 0 Å². The van der Waals surface area contributed by atoms with E-state index in [1.54, 1.807) is 0 Å². The van der Waals surface area contributed by atoms with Gasteiger partial charge in [0.05, 0.1) is 12.8 Å². The summed E-state index contributed by atoms with van der Waals surface area (Å²) in [6, 6.07) is 4.83. The van der Waals surface area contributed by atoms with Gasteiger partial charge in [-0.1, -0.05) is 6.07 Å². The quantitative estimate of drug-likeness (QED) is 0.705. The second kappa shape index (κ2) is 8.02. The Bertz CT molecular complexity index is 667. The monoisotopic (exact) mass is 361 g/mol. The van der Waals surface area contributed by atoms with Crippen molar-refractivity contribution >= 4 is 11.3 Å². The zero-order valence-corrected chi connectivity index (χ0v) is 16.8. The molecule has 0 saturated carbocycles. The molecule has 1 aliphatic rings. The van der Waals surface area contributed by atoms with Crippen LogP contribution in [-0.2, 0) is 18.2 Å².